The van der Waals surface area contributed by atoms with Gasteiger partial charge < -0.3 is 5.32 Å². The van der Waals surface area contributed by atoms with Gasteiger partial charge in [-0.1, -0.05) is 25.1 Å². The summed E-state index contributed by atoms with van der Waals surface area (Å²) in [7, 11) is 0. The molecule has 2 rings (SSSR count). The van der Waals surface area contributed by atoms with Crippen molar-refractivity contribution in [3.8, 4) is 0 Å². The lowest BCUT2D eigenvalue weighted by Crippen LogP contribution is -2.07. The zero-order valence-electron chi connectivity index (χ0n) is 9.54. The highest BCUT2D eigenvalue weighted by Crippen LogP contribution is 2.27. The fourth-order valence-corrected chi connectivity index (χ4v) is 3.18. The number of hydrogen-bond acceptors (Lipinski definition) is 3. The molecule has 0 aliphatic carbocycles. The molecule has 1 aromatic carbocycles. The van der Waals surface area contributed by atoms with Crippen LogP contribution in [-0.4, -0.2) is 17.0 Å². The van der Waals surface area contributed by atoms with Crippen LogP contribution in [0.4, 0.5) is 10.1 Å². The van der Waals surface area contributed by atoms with Crippen LogP contribution in [0, 0.1) is 5.82 Å². The van der Waals surface area contributed by atoms with E-state index < -0.39 is 0 Å². The molecule has 1 aromatic rings. The second-order valence-electron chi connectivity index (χ2n) is 3.93. The number of halogens is 2. The second kappa shape index (κ2) is 5.87. The number of aliphatic imine (C=N–C) groups is 1. The highest BCUT2D eigenvalue weighted by molar-refractivity contribution is 9.10. The minimum atomic E-state index is -0.250. The van der Waals surface area contributed by atoms with E-state index in [4.69, 9.17) is 0 Å². The predicted molar refractivity (Wildman–Crippen MR) is 76.3 cm³/mol. The first-order chi connectivity index (χ1) is 8.19. The molecule has 1 unspecified atom stereocenters. The molecule has 0 radical (unpaired) electrons. The highest BCUT2D eigenvalue weighted by Gasteiger charge is 2.18. The van der Waals surface area contributed by atoms with Gasteiger partial charge in [-0.05, 0) is 40.5 Å². The van der Waals surface area contributed by atoms with Crippen LogP contribution in [0.3, 0.4) is 0 Å². The number of hydrogen-bond donors (Lipinski definition) is 1. The summed E-state index contributed by atoms with van der Waals surface area (Å²) in [5.41, 5.74) is 0.863. The maximum atomic E-state index is 13.1. The molecule has 0 spiro atoms. The molecule has 0 saturated heterocycles. The first kappa shape index (κ1) is 12.9. The van der Waals surface area contributed by atoms with Gasteiger partial charge in [0.25, 0.3) is 0 Å². The lowest BCUT2D eigenvalue weighted by molar-refractivity contribution is 0.621. The number of nitrogens with zero attached hydrogens (tertiary/aromatic N) is 1. The van der Waals surface area contributed by atoms with Crippen LogP contribution in [0.25, 0.3) is 0 Å². The summed E-state index contributed by atoms with van der Waals surface area (Å²) in [6, 6.07) is 4.89. The Labute approximate surface area is 113 Å². The van der Waals surface area contributed by atoms with E-state index in [1.807, 2.05) is 0 Å². The molecule has 1 aliphatic heterocycles. The van der Waals surface area contributed by atoms with Crippen molar-refractivity contribution < 1.29 is 4.39 Å². The van der Waals surface area contributed by atoms with Gasteiger partial charge in [0.1, 0.15) is 5.82 Å². The molecule has 0 amide bonds. The predicted octanol–water partition coefficient (Wildman–Crippen LogP) is 4.27. The normalized spacial score (nSPS) is 19.2. The Bertz CT molecular complexity index is 437. The molecule has 1 N–H and O–H groups in total. The Morgan fingerprint density at radius 3 is 3.12 bits per heavy atom. The van der Waals surface area contributed by atoms with Gasteiger partial charge in [-0.15, -0.1) is 0 Å². The minimum absolute atomic E-state index is 0.250. The molecular weight excluding hydrogens is 303 g/mol. The van der Waals surface area contributed by atoms with Gasteiger partial charge >= 0.3 is 0 Å². The highest BCUT2D eigenvalue weighted by atomic mass is 79.9. The van der Waals surface area contributed by atoms with Gasteiger partial charge in [0, 0.05) is 10.9 Å². The number of anilines is 1. The molecule has 2 nitrogen and oxygen atoms in total. The standard InChI is InChI=1S/C12H14BrFN2S/c1-2-3-9-7-15-12(17-9)16-8-4-5-11(14)10(13)6-8/h4-6,9H,2-3,7H2,1H3,(H,15,16). The first-order valence-electron chi connectivity index (χ1n) is 5.62. The van der Waals surface area contributed by atoms with Gasteiger partial charge in [-0.2, -0.15) is 0 Å². The molecule has 5 heteroatoms. The van der Waals surface area contributed by atoms with Crippen LogP contribution in [0.1, 0.15) is 19.8 Å². The van der Waals surface area contributed by atoms with E-state index in [9.17, 15) is 4.39 Å². The SMILES string of the molecule is CCCC1CN=C(Nc2ccc(F)c(Br)c2)S1. The van der Waals surface area contributed by atoms with Crippen molar-refractivity contribution in [2.24, 2.45) is 4.99 Å². The van der Waals surface area contributed by atoms with Crippen molar-refractivity contribution >= 4 is 38.5 Å². The molecule has 92 valence electrons. The van der Waals surface area contributed by atoms with E-state index >= 15 is 0 Å². The van der Waals surface area contributed by atoms with Crippen LogP contribution in [-0.2, 0) is 0 Å². The zero-order chi connectivity index (χ0) is 12.3. The molecular formula is C12H14BrFN2S. The van der Waals surface area contributed by atoms with Gasteiger partial charge in [0.15, 0.2) is 5.17 Å². The number of thioether (sulfide) groups is 1. The Morgan fingerprint density at radius 1 is 1.59 bits per heavy atom. The average Bonchev–Trinajstić information content (AvgIpc) is 2.72. The molecule has 1 atom stereocenters. The summed E-state index contributed by atoms with van der Waals surface area (Å²) < 4.78 is 13.5. The molecule has 0 bridgehead atoms. The van der Waals surface area contributed by atoms with Gasteiger partial charge in [-0.3, -0.25) is 4.99 Å². The molecule has 0 aromatic heterocycles. The fourth-order valence-electron chi connectivity index (χ4n) is 1.66. The smallest absolute Gasteiger partial charge is 0.161 e. The zero-order valence-corrected chi connectivity index (χ0v) is 11.9. The van der Waals surface area contributed by atoms with Gasteiger partial charge in [0.05, 0.1) is 11.0 Å². The summed E-state index contributed by atoms with van der Waals surface area (Å²) in [6.45, 7) is 3.06. The summed E-state index contributed by atoms with van der Waals surface area (Å²) in [6.07, 6.45) is 2.37. The van der Waals surface area contributed by atoms with E-state index in [2.05, 4.69) is 33.2 Å². The number of rotatable bonds is 3. The molecule has 0 fully saturated rings. The first-order valence-corrected chi connectivity index (χ1v) is 7.29. The van der Waals surface area contributed by atoms with E-state index in [1.54, 1.807) is 23.9 Å². The number of nitrogens with one attached hydrogen (secondary N) is 1. The van der Waals surface area contributed by atoms with Crippen molar-refractivity contribution in [3.05, 3.63) is 28.5 Å². The second-order valence-corrected chi connectivity index (χ2v) is 6.07. The third-order valence-electron chi connectivity index (χ3n) is 2.50. The third kappa shape index (κ3) is 3.45. The van der Waals surface area contributed by atoms with Crippen LogP contribution < -0.4 is 5.32 Å². The van der Waals surface area contributed by atoms with Crippen molar-refractivity contribution in [3.63, 3.8) is 0 Å². The Hall–Kier alpha value is -0.550. The van der Waals surface area contributed by atoms with Crippen molar-refractivity contribution in [2.45, 2.75) is 25.0 Å². The van der Waals surface area contributed by atoms with Crippen LogP contribution >= 0.6 is 27.7 Å². The molecule has 1 heterocycles. The third-order valence-corrected chi connectivity index (χ3v) is 4.28. The minimum Gasteiger partial charge on any atom is -0.335 e. The summed E-state index contributed by atoms with van der Waals surface area (Å²) in [4.78, 5) is 4.44. The van der Waals surface area contributed by atoms with Crippen molar-refractivity contribution in [1.82, 2.24) is 0 Å². The Balaban J connectivity index is 1.96. The summed E-state index contributed by atoms with van der Waals surface area (Å²) in [5.74, 6) is -0.250. The molecule has 0 saturated carbocycles. The maximum absolute atomic E-state index is 13.1. The van der Waals surface area contributed by atoms with Gasteiger partial charge in [-0.25, -0.2) is 4.39 Å². The summed E-state index contributed by atoms with van der Waals surface area (Å²) in [5, 5.41) is 4.74. The Kier molecular flexibility index (Phi) is 4.45. The molecule has 17 heavy (non-hydrogen) atoms. The lowest BCUT2D eigenvalue weighted by Gasteiger charge is -2.08. The maximum Gasteiger partial charge on any atom is 0.161 e. The van der Waals surface area contributed by atoms with E-state index in [-0.39, 0.29) is 5.82 Å². The van der Waals surface area contributed by atoms with Crippen LogP contribution in [0.15, 0.2) is 27.7 Å². The Morgan fingerprint density at radius 2 is 2.41 bits per heavy atom. The summed E-state index contributed by atoms with van der Waals surface area (Å²) >= 11 is 4.94. The van der Waals surface area contributed by atoms with Crippen molar-refractivity contribution in [2.75, 3.05) is 11.9 Å². The fraction of sp³-hybridized carbons (Fsp3) is 0.417. The molecule has 1 aliphatic rings. The van der Waals surface area contributed by atoms with E-state index in [1.165, 1.54) is 18.9 Å². The monoisotopic (exact) mass is 316 g/mol. The lowest BCUT2D eigenvalue weighted by atomic mass is 10.2. The van der Waals surface area contributed by atoms with E-state index in [0.29, 0.717) is 9.72 Å². The number of amidine groups is 1. The van der Waals surface area contributed by atoms with E-state index in [0.717, 1.165) is 17.4 Å². The van der Waals surface area contributed by atoms with Crippen LogP contribution in [0.2, 0.25) is 0 Å². The number of benzene rings is 1. The topological polar surface area (TPSA) is 24.4 Å². The average molecular weight is 317 g/mol. The van der Waals surface area contributed by atoms with Crippen LogP contribution in [0.5, 0.6) is 0 Å². The largest absolute Gasteiger partial charge is 0.335 e. The van der Waals surface area contributed by atoms with Crippen molar-refractivity contribution in [1.29, 1.82) is 0 Å². The quantitative estimate of drug-likeness (QED) is 0.900. The van der Waals surface area contributed by atoms with Gasteiger partial charge in [0.2, 0.25) is 0 Å².